The smallest absolute Gasteiger partial charge is 0.256 e. The van der Waals surface area contributed by atoms with E-state index in [0.29, 0.717) is 29.8 Å². The van der Waals surface area contributed by atoms with E-state index in [1.807, 2.05) is 4.90 Å². The van der Waals surface area contributed by atoms with Crippen LogP contribution in [-0.4, -0.2) is 68.4 Å². The van der Waals surface area contributed by atoms with Gasteiger partial charge in [0.15, 0.2) is 0 Å². The van der Waals surface area contributed by atoms with E-state index in [1.165, 1.54) is 0 Å². The Bertz CT molecular complexity index is 698. The van der Waals surface area contributed by atoms with Crippen molar-refractivity contribution in [2.24, 2.45) is 16.2 Å². The number of carbonyl (C=O) groups excluding carboxylic acids is 1. The number of carbonyl (C=O) groups is 1. The SMILES string of the molecule is O=C(C1=CN2CCS(=O)(=O)N=C2C=C1)N1C[C@H]2CNC[C@H]2C1. The Morgan fingerprint density at radius 2 is 1.95 bits per heavy atom. The highest BCUT2D eigenvalue weighted by molar-refractivity contribution is 7.90. The van der Waals surface area contributed by atoms with Gasteiger partial charge in [0.05, 0.1) is 11.3 Å². The van der Waals surface area contributed by atoms with Crippen molar-refractivity contribution < 1.29 is 13.2 Å². The summed E-state index contributed by atoms with van der Waals surface area (Å²) in [5, 5.41) is 3.36. The molecule has 4 aliphatic heterocycles. The predicted octanol–water partition coefficient (Wildman–Crippen LogP) is -0.838. The summed E-state index contributed by atoms with van der Waals surface area (Å²) in [5.74, 6) is 1.54. The van der Waals surface area contributed by atoms with Crippen LogP contribution in [0.2, 0.25) is 0 Å². The first-order chi connectivity index (χ1) is 10.5. The molecule has 0 bridgehead atoms. The van der Waals surface area contributed by atoms with Gasteiger partial charge in [-0.1, -0.05) is 0 Å². The van der Waals surface area contributed by atoms with E-state index in [0.717, 1.165) is 26.2 Å². The molecule has 4 aliphatic rings. The lowest BCUT2D eigenvalue weighted by molar-refractivity contribution is -0.126. The quantitative estimate of drug-likeness (QED) is 0.681. The third-order valence-corrected chi connectivity index (χ3v) is 5.91. The molecule has 0 aliphatic carbocycles. The number of amides is 1. The molecule has 1 amide bonds. The van der Waals surface area contributed by atoms with Gasteiger partial charge in [-0.15, -0.1) is 4.40 Å². The Morgan fingerprint density at radius 3 is 2.68 bits per heavy atom. The molecule has 2 fully saturated rings. The van der Waals surface area contributed by atoms with E-state index < -0.39 is 10.0 Å². The molecule has 0 aromatic carbocycles. The molecule has 7 nitrogen and oxygen atoms in total. The maximum absolute atomic E-state index is 12.6. The number of sulfonamides is 1. The molecule has 0 spiro atoms. The summed E-state index contributed by atoms with van der Waals surface area (Å²) in [6.07, 6.45) is 5.01. The summed E-state index contributed by atoms with van der Waals surface area (Å²) < 4.78 is 26.7. The minimum atomic E-state index is -3.35. The van der Waals surface area contributed by atoms with Gasteiger partial charge in [-0.05, 0) is 24.0 Å². The van der Waals surface area contributed by atoms with Crippen LogP contribution in [0.1, 0.15) is 0 Å². The minimum Gasteiger partial charge on any atom is -0.338 e. The fourth-order valence-electron chi connectivity index (χ4n) is 3.53. The molecular formula is C14H18N4O3S. The number of nitrogens with zero attached hydrogens (tertiary/aromatic N) is 3. The van der Waals surface area contributed by atoms with E-state index in [2.05, 4.69) is 9.71 Å². The number of fused-ring (bicyclic) bond motifs is 2. The van der Waals surface area contributed by atoms with Crippen molar-refractivity contribution >= 4 is 21.8 Å². The average molecular weight is 322 g/mol. The lowest BCUT2D eigenvalue weighted by atomic mass is 10.0. The Balaban J connectivity index is 1.52. The molecule has 0 radical (unpaired) electrons. The first-order valence-electron chi connectivity index (χ1n) is 7.51. The molecule has 0 saturated carbocycles. The third-order valence-electron chi connectivity index (χ3n) is 4.75. The van der Waals surface area contributed by atoms with Crippen LogP contribution in [-0.2, 0) is 14.8 Å². The van der Waals surface area contributed by atoms with Crippen molar-refractivity contribution in [3.05, 3.63) is 23.9 Å². The molecule has 0 unspecified atom stereocenters. The Morgan fingerprint density at radius 1 is 1.23 bits per heavy atom. The molecular weight excluding hydrogens is 304 g/mol. The Hall–Kier alpha value is -1.67. The molecule has 8 heteroatoms. The van der Waals surface area contributed by atoms with Crippen molar-refractivity contribution in [3.8, 4) is 0 Å². The van der Waals surface area contributed by atoms with E-state index in [4.69, 9.17) is 0 Å². The number of hydrogen-bond donors (Lipinski definition) is 1. The summed E-state index contributed by atoms with van der Waals surface area (Å²) in [7, 11) is -3.35. The normalized spacial score (nSPS) is 32.4. The molecule has 2 saturated heterocycles. The van der Waals surface area contributed by atoms with Crippen molar-refractivity contribution in [1.29, 1.82) is 0 Å². The minimum absolute atomic E-state index is 0.0121. The van der Waals surface area contributed by atoms with Crippen molar-refractivity contribution in [1.82, 2.24) is 15.1 Å². The van der Waals surface area contributed by atoms with E-state index in [1.54, 1.807) is 23.3 Å². The van der Waals surface area contributed by atoms with Crippen molar-refractivity contribution in [2.75, 3.05) is 38.5 Å². The molecule has 4 rings (SSSR count). The van der Waals surface area contributed by atoms with Gasteiger partial charge in [0, 0.05) is 38.9 Å². The lowest BCUT2D eigenvalue weighted by Crippen LogP contribution is -2.39. The van der Waals surface area contributed by atoms with Crippen LogP contribution in [0.25, 0.3) is 0 Å². The lowest BCUT2D eigenvalue weighted by Gasteiger charge is -2.28. The van der Waals surface area contributed by atoms with Crippen LogP contribution in [0.5, 0.6) is 0 Å². The third kappa shape index (κ3) is 2.36. The van der Waals surface area contributed by atoms with Crippen LogP contribution in [0.3, 0.4) is 0 Å². The zero-order chi connectivity index (χ0) is 15.3. The van der Waals surface area contributed by atoms with Gasteiger partial charge < -0.3 is 15.1 Å². The molecule has 2 atom stereocenters. The zero-order valence-corrected chi connectivity index (χ0v) is 12.9. The van der Waals surface area contributed by atoms with E-state index in [9.17, 15) is 13.2 Å². The van der Waals surface area contributed by atoms with Gasteiger partial charge in [0.2, 0.25) is 0 Å². The number of hydrogen-bond acceptors (Lipinski definition) is 5. The Kier molecular flexibility index (Phi) is 3.12. The van der Waals surface area contributed by atoms with Crippen LogP contribution < -0.4 is 5.32 Å². The molecule has 4 heterocycles. The molecule has 0 aromatic rings. The highest BCUT2D eigenvalue weighted by Gasteiger charge is 2.39. The summed E-state index contributed by atoms with van der Waals surface area (Å²) in [4.78, 5) is 16.3. The Labute approximate surface area is 129 Å². The fraction of sp³-hybridized carbons (Fsp3) is 0.571. The van der Waals surface area contributed by atoms with Gasteiger partial charge in [0.25, 0.3) is 15.9 Å². The van der Waals surface area contributed by atoms with Gasteiger partial charge in [-0.2, -0.15) is 0 Å². The second-order valence-corrected chi connectivity index (χ2v) is 7.99. The van der Waals surface area contributed by atoms with Gasteiger partial charge in [-0.25, -0.2) is 8.42 Å². The van der Waals surface area contributed by atoms with Gasteiger partial charge in [0.1, 0.15) is 5.84 Å². The summed E-state index contributed by atoms with van der Waals surface area (Å²) in [5.41, 5.74) is 0.603. The molecule has 1 N–H and O–H groups in total. The average Bonchev–Trinajstić information content (AvgIpc) is 3.06. The van der Waals surface area contributed by atoms with Gasteiger partial charge >= 0.3 is 0 Å². The predicted molar refractivity (Wildman–Crippen MR) is 81.6 cm³/mol. The maximum atomic E-state index is 12.6. The highest BCUT2D eigenvalue weighted by atomic mass is 32.2. The van der Waals surface area contributed by atoms with E-state index >= 15 is 0 Å². The maximum Gasteiger partial charge on any atom is 0.256 e. The second-order valence-electron chi connectivity index (χ2n) is 6.24. The van der Waals surface area contributed by atoms with E-state index in [-0.39, 0.29) is 11.7 Å². The summed E-state index contributed by atoms with van der Waals surface area (Å²) in [6, 6.07) is 0. The fourth-order valence-corrected chi connectivity index (χ4v) is 4.50. The molecule has 22 heavy (non-hydrogen) atoms. The number of nitrogens with one attached hydrogen (secondary N) is 1. The molecule has 118 valence electrons. The van der Waals surface area contributed by atoms with Crippen LogP contribution >= 0.6 is 0 Å². The molecule has 0 aromatic heterocycles. The first kappa shape index (κ1) is 14.0. The number of amidine groups is 1. The van der Waals surface area contributed by atoms with Crippen LogP contribution in [0.15, 0.2) is 28.3 Å². The largest absolute Gasteiger partial charge is 0.338 e. The topological polar surface area (TPSA) is 82.1 Å². The van der Waals surface area contributed by atoms with Gasteiger partial charge in [-0.3, -0.25) is 4.79 Å². The summed E-state index contributed by atoms with van der Waals surface area (Å²) in [6.45, 7) is 3.93. The van der Waals surface area contributed by atoms with Crippen LogP contribution in [0.4, 0.5) is 0 Å². The standard InChI is InChI=1S/C14H18N4O3S/c19-14(18-8-11-5-15-6-12(11)9-18)10-1-2-13-16-22(20,21)4-3-17(13)7-10/h1-2,7,11-12,15H,3-6,8-9H2/t11-,12+. The monoisotopic (exact) mass is 322 g/mol. The second kappa shape index (κ2) is 4.92. The highest BCUT2D eigenvalue weighted by Crippen LogP contribution is 2.28. The zero-order valence-electron chi connectivity index (χ0n) is 12.1. The summed E-state index contributed by atoms with van der Waals surface area (Å²) >= 11 is 0. The van der Waals surface area contributed by atoms with Crippen molar-refractivity contribution in [3.63, 3.8) is 0 Å². The first-order valence-corrected chi connectivity index (χ1v) is 9.12. The van der Waals surface area contributed by atoms with Crippen molar-refractivity contribution in [2.45, 2.75) is 0 Å². The van der Waals surface area contributed by atoms with Crippen LogP contribution in [0, 0.1) is 11.8 Å². The number of likely N-dealkylation sites (tertiary alicyclic amines) is 1. The number of rotatable bonds is 1.